The van der Waals surface area contributed by atoms with Crippen LogP contribution in [0.25, 0.3) is 0 Å². The highest BCUT2D eigenvalue weighted by atomic mass is 79.9. The van der Waals surface area contributed by atoms with Gasteiger partial charge in [-0.1, -0.05) is 15.9 Å². The SMILES string of the molecule is CN(CC1CC(Br)C1)S(=O)(=O)c1ccnn1C. The molecule has 1 heterocycles. The molecule has 0 saturated heterocycles. The summed E-state index contributed by atoms with van der Waals surface area (Å²) in [6.45, 7) is 0.579. The second-order valence-corrected chi connectivity index (χ2v) is 7.80. The van der Waals surface area contributed by atoms with Gasteiger partial charge in [0.25, 0.3) is 10.0 Å². The predicted octanol–water partition coefficient (Wildman–Crippen LogP) is 1.21. The number of rotatable bonds is 4. The molecule has 96 valence electrons. The van der Waals surface area contributed by atoms with E-state index in [1.54, 1.807) is 14.1 Å². The van der Waals surface area contributed by atoms with E-state index in [1.165, 1.54) is 21.3 Å². The topological polar surface area (TPSA) is 55.2 Å². The highest BCUT2D eigenvalue weighted by molar-refractivity contribution is 9.09. The van der Waals surface area contributed by atoms with E-state index in [9.17, 15) is 8.42 Å². The predicted molar refractivity (Wildman–Crippen MR) is 68.5 cm³/mol. The second kappa shape index (κ2) is 4.70. The summed E-state index contributed by atoms with van der Waals surface area (Å²) in [5.74, 6) is 0.465. The van der Waals surface area contributed by atoms with Gasteiger partial charge in [-0.05, 0) is 24.8 Å². The first-order chi connectivity index (χ1) is 7.91. The Balaban J connectivity index is 2.08. The molecule has 1 aliphatic rings. The molecule has 1 aromatic heterocycles. The molecule has 1 saturated carbocycles. The van der Waals surface area contributed by atoms with Crippen molar-refractivity contribution in [2.24, 2.45) is 13.0 Å². The number of halogens is 1. The molecule has 5 nitrogen and oxygen atoms in total. The van der Waals surface area contributed by atoms with E-state index in [2.05, 4.69) is 21.0 Å². The molecule has 7 heteroatoms. The Morgan fingerprint density at radius 2 is 2.24 bits per heavy atom. The average Bonchev–Trinajstić information content (AvgIpc) is 2.62. The molecule has 0 aliphatic heterocycles. The molecular formula is C10H16BrN3O2S. The molecule has 0 amide bonds. The number of hydrogen-bond donors (Lipinski definition) is 0. The minimum Gasteiger partial charge on any atom is -0.256 e. The Bertz CT molecular complexity index is 493. The van der Waals surface area contributed by atoms with Crippen molar-refractivity contribution in [3.63, 3.8) is 0 Å². The fourth-order valence-corrected chi connectivity index (χ4v) is 4.44. The van der Waals surface area contributed by atoms with Crippen LogP contribution in [0.15, 0.2) is 17.3 Å². The summed E-state index contributed by atoms with van der Waals surface area (Å²) in [4.78, 5) is 0.556. The van der Waals surface area contributed by atoms with Crippen LogP contribution < -0.4 is 0 Å². The van der Waals surface area contributed by atoms with E-state index in [4.69, 9.17) is 0 Å². The second-order valence-electron chi connectivity index (χ2n) is 4.51. The van der Waals surface area contributed by atoms with Crippen LogP contribution in [-0.2, 0) is 17.1 Å². The lowest BCUT2D eigenvalue weighted by molar-refractivity contribution is 0.274. The van der Waals surface area contributed by atoms with Crippen molar-refractivity contribution in [1.29, 1.82) is 0 Å². The molecule has 0 bridgehead atoms. The molecule has 17 heavy (non-hydrogen) atoms. The zero-order valence-electron chi connectivity index (χ0n) is 9.88. The van der Waals surface area contributed by atoms with E-state index in [-0.39, 0.29) is 5.03 Å². The first-order valence-corrected chi connectivity index (χ1v) is 7.85. The van der Waals surface area contributed by atoms with Crippen LogP contribution in [-0.4, -0.2) is 40.9 Å². The first kappa shape index (κ1) is 13.0. The highest BCUT2D eigenvalue weighted by Crippen LogP contribution is 2.34. The third-order valence-electron chi connectivity index (χ3n) is 3.14. The van der Waals surface area contributed by atoms with Crippen molar-refractivity contribution in [2.45, 2.75) is 22.7 Å². The molecule has 0 unspecified atom stereocenters. The lowest BCUT2D eigenvalue weighted by Crippen LogP contribution is -2.38. The number of nitrogens with zero attached hydrogens (tertiary/aromatic N) is 3. The number of aryl methyl sites for hydroxylation is 1. The summed E-state index contributed by atoms with van der Waals surface area (Å²) >= 11 is 3.51. The summed E-state index contributed by atoms with van der Waals surface area (Å²) in [5, 5.41) is 4.14. The molecule has 1 fully saturated rings. The molecule has 0 atom stereocenters. The zero-order chi connectivity index (χ0) is 12.6. The lowest BCUT2D eigenvalue weighted by Gasteiger charge is -2.33. The van der Waals surface area contributed by atoms with Gasteiger partial charge in [0.2, 0.25) is 0 Å². The van der Waals surface area contributed by atoms with Crippen LogP contribution >= 0.6 is 15.9 Å². The zero-order valence-corrected chi connectivity index (χ0v) is 12.3. The van der Waals surface area contributed by atoms with Gasteiger partial charge in [-0.15, -0.1) is 0 Å². The molecule has 1 aliphatic carbocycles. The third-order valence-corrected chi connectivity index (χ3v) is 5.79. The van der Waals surface area contributed by atoms with E-state index < -0.39 is 10.0 Å². The van der Waals surface area contributed by atoms with Gasteiger partial charge in [0.15, 0.2) is 5.03 Å². The van der Waals surface area contributed by atoms with Crippen LogP contribution in [0.4, 0.5) is 0 Å². The Morgan fingerprint density at radius 3 is 2.71 bits per heavy atom. The van der Waals surface area contributed by atoms with Crippen molar-refractivity contribution in [3.05, 3.63) is 12.3 Å². The highest BCUT2D eigenvalue weighted by Gasteiger charge is 2.32. The molecule has 2 rings (SSSR count). The van der Waals surface area contributed by atoms with E-state index in [1.807, 2.05) is 0 Å². The van der Waals surface area contributed by atoms with Gasteiger partial charge in [-0.3, -0.25) is 4.68 Å². The monoisotopic (exact) mass is 321 g/mol. The number of alkyl halides is 1. The lowest BCUT2D eigenvalue weighted by atomic mass is 9.85. The van der Waals surface area contributed by atoms with E-state index >= 15 is 0 Å². The van der Waals surface area contributed by atoms with Crippen molar-refractivity contribution < 1.29 is 8.42 Å². The van der Waals surface area contributed by atoms with Gasteiger partial charge in [0.05, 0.1) is 6.20 Å². The quantitative estimate of drug-likeness (QED) is 0.783. The summed E-state index contributed by atoms with van der Waals surface area (Å²) in [5.41, 5.74) is 0. The van der Waals surface area contributed by atoms with E-state index in [0.717, 1.165) is 12.8 Å². The first-order valence-electron chi connectivity index (χ1n) is 5.49. The Kier molecular flexibility index (Phi) is 3.61. The van der Waals surface area contributed by atoms with Crippen LogP contribution in [0, 0.1) is 5.92 Å². The molecule has 0 N–H and O–H groups in total. The minimum atomic E-state index is -3.40. The van der Waals surface area contributed by atoms with Crippen LogP contribution in [0.1, 0.15) is 12.8 Å². The smallest absolute Gasteiger partial charge is 0.256 e. The van der Waals surface area contributed by atoms with Gasteiger partial charge in [-0.2, -0.15) is 9.40 Å². The maximum atomic E-state index is 12.2. The van der Waals surface area contributed by atoms with Gasteiger partial charge in [-0.25, -0.2) is 8.42 Å². The van der Waals surface area contributed by atoms with Gasteiger partial charge in [0.1, 0.15) is 0 Å². The number of aromatic nitrogens is 2. The van der Waals surface area contributed by atoms with Gasteiger partial charge < -0.3 is 0 Å². The van der Waals surface area contributed by atoms with Crippen LogP contribution in [0.2, 0.25) is 0 Å². The van der Waals surface area contributed by atoms with Crippen LogP contribution in [0.5, 0.6) is 0 Å². The third kappa shape index (κ3) is 2.56. The summed E-state index contributed by atoms with van der Waals surface area (Å²) in [6.07, 6.45) is 3.59. The Hall–Kier alpha value is -0.400. The molecule has 1 aromatic rings. The fourth-order valence-electron chi connectivity index (χ4n) is 2.04. The summed E-state index contributed by atoms with van der Waals surface area (Å²) in [6, 6.07) is 1.53. The maximum Gasteiger partial charge on any atom is 0.259 e. The van der Waals surface area contributed by atoms with Crippen molar-refractivity contribution in [1.82, 2.24) is 14.1 Å². The van der Waals surface area contributed by atoms with Gasteiger partial charge >= 0.3 is 0 Å². The van der Waals surface area contributed by atoms with E-state index in [0.29, 0.717) is 17.3 Å². The Labute approximate surface area is 110 Å². The molecule has 0 radical (unpaired) electrons. The number of hydrogen-bond acceptors (Lipinski definition) is 3. The minimum absolute atomic E-state index is 0.245. The number of sulfonamides is 1. The molecular weight excluding hydrogens is 306 g/mol. The fraction of sp³-hybridized carbons (Fsp3) is 0.700. The molecule has 0 aromatic carbocycles. The van der Waals surface area contributed by atoms with Crippen molar-refractivity contribution in [2.75, 3.05) is 13.6 Å². The normalized spacial score (nSPS) is 24.9. The van der Waals surface area contributed by atoms with Crippen molar-refractivity contribution >= 4 is 26.0 Å². The largest absolute Gasteiger partial charge is 0.259 e. The average molecular weight is 322 g/mol. The van der Waals surface area contributed by atoms with Crippen LogP contribution in [0.3, 0.4) is 0 Å². The Morgan fingerprint density at radius 1 is 1.59 bits per heavy atom. The van der Waals surface area contributed by atoms with Gasteiger partial charge in [0, 0.05) is 25.5 Å². The summed E-state index contributed by atoms with van der Waals surface area (Å²) in [7, 11) is -0.130. The molecule has 0 spiro atoms. The maximum absolute atomic E-state index is 12.2. The van der Waals surface area contributed by atoms with Crippen molar-refractivity contribution in [3.8, 4) is 0 Å². The standard InChI is InChI=1S/C10H16BrN3O2S/c1-13(7-8-5-9(11)6-8)17(15,16)10-3-4-12-14(10)2/h3-4,8-9H,5-7H2,1-2H3. The summed E-state index contributed by atoms with van der Waals surface area (Å²) < 4.78 is 27.3.